The molecule has 2 aromatic carbocycles. The fraction of sp³-hybridized carbons (Fsp3) is 0.278. The van der Waals surface area contributed by atoms with Crippen LogP contribution < -0.4 is 20.1 Å². The molecule has 0 heterocycles. The predicted molar refractivity (Wildman–Crippen MR) is 92.7 cm³/mol. The van der Waals surface area contributed by atoms with Gasteiger partial charge in [-0.25, -0.2) is 4.79 Å². The first-order valence-corrected chi connectivity index (χ1v) is 7.55. The Bertz CT molecular complexity index is 703. The number of carbonyl (C=O) groups excluding carboxylic acids is 1. The summed E-state index contributed by atoms with van der Waals surface area (Å²) in [6, 6.07) is 12.2. The third-order valence-corrected chi connectivity index (χ3v) is 3.53. The van der Waals surface area contributed by atoms with Gasteiger partial charge < -0.3 is 25.2 Å². The van der Waals surface area contributed by atoms with Gasteiger partial charge >= 0.3 is 6.03 Å². The number of methoxy groups -OCH3 is 2. The molecule has 2 amide bonds. The van der Waals surface area contributed by atoms with E-state index in [1.54, 1.807) is 31.4 Å². The first-order valence-electron chi connectivity index (χ1n) is 7.55. The van der Waals surface area contributed by atoms with Crippen LogP contribution in [-0.2, 0) is 0 Å². The summed E-state index contributed by atoms with van der Waals surface area (Å²) < 4.78 is 10.4. The molecule has 1 atom stereocenters. The maximum absolute atomic E-state index is 11.9. The zero-order valence-electron chi connectivity index (χ0n) is 14.0. The van der Waals surface area contributed by atoms with Gasteiger partial charge in [-0.15, -0.1) is 0 Å². The van der Waals surface area contributed by atoms with Crippen LogP contribution in [0.2, 0.25) is 0 Å². The summed E-state index contributed by atoms with van der Waals surface area (Å²) in [4.78, 5) is 11.9. The topological polar surface area (TPSA) is 79.8 Å². The van der Waals surface area contributed by atoms with Crippen LogP contribution in [0.4, 0.5) is 10.5 Å². The molecule has 0 aliphatic rings. The van der Waals surface area contributed by atoms with Gasteiger partial charge in [-0.05, 0) is 42.8 Å². The maximum atomic E-state index is 11.9. The average molecular weight is 330 g/mol. The number of aryl methyl sites for hydroxylation is 1. The van der Waals surface area contributed by atoms with Gasteiger partial charge in [0, 0.05) is 17.8 Å². The van der Waals surface area contributed by atoms with Crippen molar-refractivity contribution >= 4 is 11.7 Å². The van der Waals surface area contributed by atoms with Crippen LogP contribution in [0.3, 0.4) is 0 Å². The molecular weight excluding hydrogens is 308 g/mol. The number of nitrogens with one attached hydrogen (secondary N) is 2. The van der Waals surface area contributed by atoms with Gasteiger partial charge in [0.15, 0.2) is 0 Å². The highest BCUT2D eigenvalue weighted by atomic mass is 16.5. The molecule has 0 saturated heterocycles. The minimum atomic E-state index is -0.918. The lowest BCUT2D eigenvalue weighted by Gasteiger charge is -2.17. The van der Waals surface area contributed by atoms with Crippen LogP contribution in [-0.4, -0.2) is 31.9 Å². The predicted octanol–water partition coefficient (Wildman–Crippen LogP) is 2.87. The lowest BCUT2D eigenvalue weighted by molar-refractivity contribution is 0.170. The number of urea groups is 1. The van der Waals surface area contributed by atoms with E-state index < -0.39 is 6.10 Å². The maximum Gasteiger partial charge on any atom is 0.319 e. The highest BCUT2D eigenvalue weighted by Crippen LogP contribution is 2.29. The average Bonchev–Trinajstić information content (AvgIpc) is 2.59. The monoisotopic (exact) mass is 330 g/mol. The minimum absolute atomic E-state index is 0.0428. The Kier molecular flexibility index (Phi) is 6.03. The lowest BCUT2D eigenvalue weighted by Crippen LogP contribution is -2.32. The van der Waals surface area contributed by atoms with E-state index in [1.165, 1.54) is 7.11 Å². The van der Waals surface area contributed by atoms with Gasteiger partial charge in [-0.2, -0.15) is 0 Å². The second-order valence-corrected chi connectivity index (χ2v) is 5.33. The van der Waals surface area contributed by atoms with Crippen LogP contribution in [0.5, 0.6) is 11.5 Å². The number of aliphatic hydroxyl groups excluding tert-OH is 1. The van der Waals surface area contributed by atoms with Crippen molar-refractivity contribution in [2.75, 3.05) is 26.1 Å². The largest absolute Gasteiger partial charge is 0.497 e. The standard InChI is InChI=1S/C18H22N2O4/c1-12-5-4-6-13(9-12)20-18(22)19-11-16(21)15-10-14(23-2)7-8-17(15)24-3/h4-10,16,21H,11H2,1-3H3,(H2,19,20,22)/t16-/m0/s1. The number of aliphatic hydroxyl groups is 1. The van der Waals surface area contributed by atoms with Gasteiger partial charge in [0.1, 0.15) is 17.6 Å². The Morgan fingerprint density at radius 2 is 1.96 bits per heavy atom. The molecule has 0 spiro atoms. The molecule has 0 unspecified atom stereocenters. The fourth-order valence-corrected chi connectivity index (χ4v) is 2.30. The van der Waals surface area contributed by atoms with Crippen molar-refractivity contribution < 1.29 is 19.4 Å². The number of ether oxygens (including phenoxy) is 2. The molecule has 0 fully saturated rings. The molecule has 0 aliphatic carbocycles. The van der Waals surface area contributed by atoms with Gasteiger partial charge in [0.25, 0.3) is 0 Å². The van der Waals surface area contributed by atoms with Gasteiger partial charge in [0.05, 0.1) is 14.2 Å². The Labute approximate surface area is 141 Å². The van der Waals surface area contributed by atoms with E-state index in [0.29, 0.717) is 22.7 Å². The van der Waals surface area contributed by atoms with Crippen molar-refractivity contribution in [2.24, 2.45) is 0 Å². The van der Waals surface area contributed by atoms with E-state index in [1.807, 2.05) is 25.1 Å². The van der Waals surface area contributed by atoms with Crippen LogP contribution in [0.15, 0.2) is 42.5 Å². The SMILES string of the molecule is COc1ccc(OC)c([C@@H](O)CNC(=O)Nc2cccc(C)c2)c1. The highest BCUT2D eigenvalue weighted by molar-refractivity contribution is 5.89. The number of benzene rings is 2. The number of rotatable bonds is 6. The van der Waals surface area contributed by atoms with E-state index in [2.05, 4.69) is 10.6 Å². The molecule has 3 N–H and O–H groups in total. The van der Waals surface area contributed by atoms with Crippen molar-refractivity contribution in [1.82, 2.24) is 5.32 Å². The van der Waals surface area contributed by atoms with Gasteiger partial charge in [-0.3, -0.25) is 0 Å². The zero-order chi connectivity index (χ0) is 17.5. The molecule has 0 aromatic heterocycles. The first kappa shape index (κ1) is 17.6. The Balaban J connectivity index is 1.97. The Hall–Kier alpha value is -2.73. The third-order valence-electron chi connectivity index (χ3n) is 3.53. The number of hydrogen-bond donors (Lipinski definition) is 3. The van der Waals surface area contributed by atoms with E-state index >= 15 is 0 Å². The Morgan fingerprint density at radius 3 is 2.62 bits per heavy atom. The summed E-state index contributed by atoms with van der Waals surface area (Å²) in [5, 5.41) is 15.7. The van der Waals surface area contributed by atoms with Crippen LogP contribution >= 0.6 is 0 Å². The van der Waals surface area contributed by atoms with Crippen LogP contribution in [0, 0.1) is 6.92 Å². The van der Waals surface area contributed by atoms with Crippen molar-refractivity contribution in [1.29, 1.82) is 0 Å². The molecule has 128 valence electrons. The van der Waals surface area contributed by atoms with Crippen molar-refractivity contribution in [3.05, 3.63) is 53.6 Å². The van der Waals surface area contributed by atoms with Crippen molar-refractivity contribution in [2.45, 2.75) is 13.0 Å². The van der Waals surface area contributed by atoms with Crippen molar-refractivity contribution in [3.63, 3.8) is 0 Å². The number of carbonyl (C=O) groups is 1. The third kappa shape index (κ3) is 4.63. The molecule has 6 nitrogen and oxygen atoms in total. The molecule has 2 rings (SSSR count). The summed E-state index contributed by atoms with van der Waals surface area (Å²) in [6.45, 7) is 1.99. The summed E-state index contributed by atoms with van der Waals surface area (Å²) in [6.07, 6.45) is -0.918. The lowest BCUT2D eigenvalue weighted by atomic mass is 10.1. The van der Waals surface area contributed by atoms with Gasteiger partial charge in [0.2, 0.25) is 0 Å². The molecule has 0 bridgehead atoms. The first-order chi connectivity index (χ1) is 11.5. The Morgan fingerprint density at radius 1 is 1.17 bits per heavy atom. The molecule has 0 saturated carbocycles. The number of anilines is 1. The molecule has 24 heavy (non-hydrogen) atoms. The van der Waals surface area contributed by atoms with E-state index in [4.69, 9.17) is 9.47 Å². The minimum Gasteiger partial charge on any atom is -0.497 e. The second-order valence-electron chi connectivity index (χ2n) is 5.33. The van der Waals surface area contributed by atoms with Crippen LogP contribution in [0.25, 0.3) is 0 Å². The van der Waals surface area contributed by atoms with E-state index in [0.717, 1.165) is 5.56 Å². The number of hydrogen-bond acceptors (Lipinski definition) is 4. The fourth-order valence-electron chi connectivity index (χ4n) is 2.30. The van der Waals surface area contributed by atoms with Crippen LogP contribution in [0.1, 0.15) is 17.2 Å². The number of amides is 2. The second kappa shape index (κ2) is 8.21. The molecule has 2 aromatic rings. The quantitative estimate of drug-likeness (QED) is 0.761. The smallest absolute Gasteiger partial charge is 0.319 e. The van der Waals surface area contributed by atoms with Gasteiger partial charge in [-0.1, -0.05) is 12.1 Å². The zero-order valence-corrected chi connectivity index (χ0v) is 14.0. The molecular formula is C18H22N2O4. The summed E-state index contributed by atoms with van der Waals surface area (Å²) in [7, 11) is 3.07. The van der Waals surface area contributed by atoms with E-state index in [-0.39, 0.29) is 12.6 Å². The highest BCUT2D eigenvalue weighted by Gasteiger charge is 2.15. The summed E-state index contributed by atoms with van der Waals surface area (Å²) in [5.74, 6) is 1.14. The summed E-state index contributed by atoms with van der Waals surface area (Å²) in [5.41, 5.74) is 2.29. The normalized spacial score (nSPS) is 11.5. The molecule has 6 heteroatoms. The molecule has 0 aliphatic heterocycles. The van der Waals surface area contributed by atoms with E-state index in [9.17, 15) is 9.90 Å². The molecule has 0 radical (unpaired) electrons. The van der Waals surface area contributed by atoms with Crippen molar-refractivity contribution in [3.8, 4) is 11.5 Å². The summed E-state index contributed by atoms with van der Waals surface area (Å²) >= 11 is 0.